The standard InChI is InChI=1S/C21H16N3O/c1-14-7-8-17-5-3-4-6-20(17)24(14)21-12-16(13-22)11-18(15(21)2)19-9-10-25-23-19/h3-12H,1-2H3/q+1. The Labute approximate surface area is 145 Å². The van der Waals surface area contributed by atoms with E-state index in [2.05, 4.69) is 53.9 Å². The topological polar surface area (TPSA) is 53.7 Å². The maximum absolute atomic E-state index is 9.50. The number of nitrogens with zero attached hydrogens (tertiary/aromatic N) is 3. The smallest absolute Gasteiger partial charge is 0.218 e. The molecule has 0 unspecified atom stereocenters. The van der Waals surface area contributed by atoms with Crippen LogP contribution in [0.2, 0.25) is 0 Å². The van der Waals surface area contributed by atoms with Crippen molar-refractivity contribution in [1.82, 2.24) is 5.16 Å². The van der Waals surface area contributed by atoms with Gasteiger partial charge in [0.2, 0.25) is 11.2 Å². The van der Waals surface area contributed by atoms with Crippen LogP contribution in [0.5, 0.6) is 0 Å². The van der Waals surface area contributed by atoms with Crippen molar-refractivity contribution in [2.75, 3.05) is 0 Å². The molecular weight excluding hydrogens is 310 g/mol. The second-order valence-corrected chi connectivity index (χ2v) is 6.03. The Bertz CT molecular complexity index is 1120. The van der Waals surface area contributed by atoms with Gasteiger partial charge in [-0.25, -0.2) is 0 Å². The van der Waals surface area contributed by atoms with E-state index < -0.39 is 0 Å². The zero-order valence-corrected chi connectivity index (χ0v) is 14.0. The van der Waals surface area contributed by atoms with Crippen molar-refractivity contribution in [3.63, 3.8) is 0 Å². The van der Waals surface area contributed by atoms with Gasteiger partial charge in [-0.1, -0.05) is 17.3 Å². The second kappa shape index (κ2) is 5.88. The summed E-state index contributed by atoms with van der Waals surface area (Å²) in [6.07, 6.45) is 1.55. The van der Waals surface area contributed by atoms with Crippen LogP contribution in [0, 0.1) is 25.2 Å². The second-order valence-electron chi connectivity index (χ2n) is 6.03. The first-order valence-electron chi connectivity index (χ1n) is 8.05. The maximum Gasteiger partial charge on any atom is 0.218 e. The van der Waals surface area contributed by atoms with Gasteiger partial charge in [-0.05, 0) is 25.1 Å². The fourth-order valence-corrected chi connectivity index (χ4v) is 3.24. The summed E-state index contributed by atoms with van der Waals surface area (Å²) in [7, 11) is 0. The molecule has 0 radical (unpaired) electrons. The summed E-state index contributed by atoms with van der Waals surface area (Å²) in [4.78, 5) is 0. The number of hydrogen-bond acceptors (Lipinski definition) is 3. The summed E-state index contributed by atoms with van der Waals surface area (Å²) in [6, 6.07) is 20.3. The minimum Gasteiger partial charge on any atom is -0.364 e. The summed E-state index contributed by atoms with van der Waals surface area (Å²) in [6.45, 7) is 4.12. The highest BCUT2D eigenvalue weighted by Gasteiger charge is 2.22. The van der Waals surface area contributed by atoms with Gasteiger partial charge >= 0.3 is 0 Å². The summed E-state index contributed by atoms with van der Waals surface area (Å²) in [5.41, 5.74) is 6.47. The van der Waals surface area contributed by atoms with E-state index in [1.807, 2.05) is 30.3 Å². The van der Waals surface area contributed by atoms with Crippen molar-refractivity contribution >= 4 is 10.9 Å². The molecule has 4 nitrogen and oxygen atoms in total. The Morgan fingerprint density at radius 1 is 1.04 bits per heavy atom. The van der Waals surface area contributed by atoms with Gasteiger partial charge in [-0.3, -0.25) is 0 Å². The molecule has 4 rings (SSSR count). The zero-order chi connectivity index (χ0) is 17.4. The quantitative estimate of drug-likeness (QED) is 0.517. The van der Waals surface area contributed by atoms with Crippen molar-refractivity contribution in [2.24, 2.45) is 0 Å². The van der Waals surface area contributed by atoms with Crippen molar-refractivity contribution < 1.29 is 9.09 Å². The Kier molecular flexibility index (Phi) is 3.55. The van der Waals surface area contributed by atoms with Crippen molar-refractivity contribution in [3.05, 3.63) is 77.7 Å². The van der Waals surface area contributed by atoms with Crippen LogP contribution in [0.4, 0.5) is 0 Å². The molecule has 4 heteroatoms. The lowest BCUT2D eigenvalue weighted by molar-refractivity contribution is -0.574. The summed E-state index contributed by atoms with van der Waals surface area (Å²) in [5.74, 6) is 0. The predicted octanol–water partition coefficient (Wildman–Crippen LogP) is 4.26. The molecule has 120 valence electrons. The van der Waals surface area contributed by atoms with Crippen molar-refractivity contribution in [2.45, 2.75) is 13.8 Å². The van der Waals surface area contributed by atoms with E-state index in [-0.39, 0.29) is 0 Å². The number of aryl methyl sites for hydroxylation is 1. The first kappa shape index (κ1) is 15.1. The molecule has 2 aromatic carbocycles. The first-order valence-corrected chi connectivity index (χ1v) is 8.05. The van der Waals surface area contributed by atoms with Crippen LogP contribution >= 0.6 is 0 Å². The number of nitriles is 1. The number of pyridine rings is 1. The van der Waals surface area contributed by atoms with Crippen molar-refractivity contribution in [1.29, 1.82) is 5.26 Å². The molecule has 0 spiro atoms. The molecule has 0 atom stereocenters. The lowest BCUT2D eigenvalue weighted by Gasteiger charge is -2.10. The molecule has 0 N–H and O–H groups in total. The molecule has 2 heterocycles. The van der Waals surface area contributed by atoms with E-state index in [1.54, 1.807) is 6.26 Å². The van der Waals surface area contributed by atoms with Crippen LogP contribution in [0.15, 0.2) is 65.4 Å². The molecule has 0 aliphatic rings. The molecule has 0 fully saturated rings. The highest BCUT2D eigenvalue weighted by atomic mass is 16.5. The SMILES string of the molecule is Cc1c(-c2ccon2)cc(C#N)cc1-[n+]1c(C)ccc2ccccc21. The summed E-state index contributed by atoms with van der Waals surface area (Å²) >= 11 is 0. The molecular formula is C21H16N3O+. The van der Waals surface area contributed by atoms with Crippen LogP contribution in [-0.2, 0) is 0 Å². The number of para-hydroxylation sites is 1. The zero-order valence-electron chi connectivity index (χ0n) is 14.0. The average molecular weight is 326 g/mol. The molecule has 4 aromatic rings. The van der Waals surface area contributed by atoms with E-state index >= 15 is 0 Å². The normalized spacial score (nSPS) is 10.8. The molecule has 2 aromatic heterocycles. The Hall–Kier alpha value is -3.45. The van der Waals surface area contributed by atoms with E-state index in [9.17, 15) is 5.26 Å². The molecule has 0 aliphatic heterocycles. The summed E-state index contributed by atoms with van der Waals surface area (Å²) < 4.78 is 7.19. The molecule has 0 amide bonds. The molecule has 25 heavy (non-hydrogen) atoms. The van der Waals surface area contributed by atoms with E-state index in [0.717, 1.165) is 39.1 Å². The lowest BCUT2D eigenvalue weighted by atomic mass is 9.99. The highest BCUT2D eigenvalue weighted by molar-refractivity contribution is 5.77. The first-order chi connectivity index (χ1) is 12.2. The molecule has 0 bridgehead atoms. The average Bonchev–Trinajstić information content (AvgIpc) is 3.17. The number of fused-ring (bicyclic) bond motifs is 1. The van der Waals surface area contributed by atoms with Gasteiger partial charge in [0.1, 0.15) is 12.0 Å². The van der Waals surface area contributed by atoms with Crippen LogP contribution in [0.1, 0.15) is 16.8 Å². The molecule has 0 saturated heterocycles. The van der Waals surface area contributed by atoms with Crippen LogP contribution in [0.3, 0.4) is 0 Å². The third kappa shape index (κ3) is 2.47. The van der Waals surface area contributed by atoms with Gasteiger partial charge in [0.05, 0.1) is 11.6 Å². The number of aromatic nitrogens is 2. The monoisotopic (exact) mass is 326 g/mol. The van der Waals surface area contributed by atoms with Gasteiger partial charge < -0.3 is 4.52 Å². The largest absolute Gasteiger partial charge is 0.364 e. The Balaban J connectivity index is 2.09. The van der Waals surface area contributed by atoms with Gasteiger partial charge in [-0.15, -0.1) is 0 Å². The van der Waals surface area contributed by atoms with Crippen LogP contribution in [-0.4, -0.2) is 5.16 Å². The predicted molar refractivity (Wildman–Crippen MR) is 95.2 cm³/mol. The van der Waals surface area contributed by atoms with Gasteiger partial charge in [0.25, 0.3) is 0 Å². The number of rotatable bonds is 2. The van der Waals surface area contributed by atoms with E-state index in [1.165, 1.54) is 0 Å². The maximum atomic E-state index is 9.50. The van der Waals surface area contributed by atoms with E-state index in [0.29, 0.717) is 5.56 Å². The Morgan fingerprint density at radius 2 is 1.88 bits per heavy atom. The van der Waals surface area contributed by atoms with E-state index in [4.69, 9.17) is 4.52 Å². The minimum atomic E-state index is 0.596. The van der Waals surface area contributed by atoms with Crippen LogP contribution in [0.25, 0.3) is 27.8 Å². The van der Waals surface area contributed by atoms with Crippen LogP contribution < -0.4 is 4.57 Å². The number of hydrogen-bond donors (Lipinski definition) is 0. The molecule has 0 saturated carbocycles. The highest BCUT2D eigenvalue weighted by Crippen LogP contribution is 2.27. The fourth-order valence-electron chi connectivity index (χ4n) is 3.24. The third-order valence-corrected chi connectivity index (χ3v) is 4.50. The van der Waals surface area contributed by atoms with Crippen molar-refractivity contribution in [3.8, 4) is 23.0 Å². The van der Waals surface area contributed by atoms with Gasteiger partial charge in [0.15, 0.2) is 5.69 Å². The molecule has 0 aliphatic carbocycles. The fraction of sp³-hybridized carbons (Fsp3) is 0.0952. The summed E-state index contributed by atoms with van der Waals surface area (Å²) in [5, 5.41) is 14.7. The minimum absolute atomic E-state index is 0.596. The van der Waals surface area contributed by atoms with Gasteiger partial charge in [0, 0.05) is 47.7 Å². The third-order valence-electron chi connectivity index (χ3n) is 4.50. The lowest BCUT2D eigenvalue weighted by Crippen LogP contribution is -2.36. The number of benzene rings is 2. The van der Waals surface area contributed by atoms with Gasteiger partial charge in [-0.2, -0.15) is 9.83 Å². The Morgan fingerprint density at radius 3 is 2.64 bits per heavy atom.